The second-order valence-electron chi connectivity index (χ2n) is 4.00. The number of piperidine rings is 1. The van der Waals surface area contributed by atoms with E-state index >= 15 is 0 Å². The Morgan fingerprint density at radius 3 is 3.14 bits per heavy atom. The van der Waals surface area contributed by atoms with E-state index in [4.69, 9.17) is 0 Å². The van der Waals surface area contributed by atoms with Crippen molar-refractivity contribution in [3.63, 3.8) is 0 Å². The molecule has 1 fully saturated rings. The van der Waals surface area contributed by atoms with Crippen LogP contribution in [0, 0.1) is 5.92 Å². The van der Waals surface area contributed by atoms with Gasteiger partial charge in [0.15, 0.2) is 0 Å². The Hall–Kier alpha value is -0.830. The van der Waals surface area contributed by atoms with Crippen molar-refractivity contribution in [2.45, 2.75) is 32.2 Å². The van der Waals surface area contributed by atoms with Crippen LogP contribution in [0.5, 0.6) is 0 Å². The van der Waals surface area contributed by atoms with E-state index in [0.717, 1.165) is 19.4 Å². The molecule has 0 aromatic heterocycles. The van der Waals surface area contributed by atoms with Gasteiger partial charge in [0, 0.05) is 6.54 Å². The number of nitrogens with one attached hydrogen (secondary N) is 2. The average molecular weight is 196 g/mol. The standard InChI is InChI=1S/C11H20N2O/c1-3-4-6-13-11(14)10-8-9(2)5-7-12-10/h3,9-10,12H,1,4-8H2,2H3,(H,13,14). The van der Waals surface area contributed by atoms with E-state index in [0.29, 0.717) is 12.5 Å². The maximum absolute atomic E-state index is 11.6. The minimum Gasteiger partial charge on any atom is -0.354 e. The smallest absolute Gasteiger partial charge is 0.237 e. The minimum absolute atomic E-state index is 0.0172. The van der Waals surface area contributed by atoms with E-state index in [1.807, 2.05) is 6.08 Å². The summed E-state index contributed by atoms with van der Waals surface area (Å²) < 4.78 is 0. The molecule has 1 heterocycles. The lowest BCUT2D eigenvalue weighted by Crippen LogP contribution is -2.48. The number of amides is 1. The highest BCUT2D eigenvalue weighted by atomic mass is 16.2. The molecule has 80 valence electrons. The van der Waals surface area contributed by atoms with Crippen LogP contribution in [0.4, 0.5) is 0 Å². The molecule has 1 rings (SSSR count). The average Bonchev–Trinajstić information content (AvgIpc) is 2.18. The van der Waals surface area contributed by atoms with Gasteiger partial charge in [-0.3, -0.25) is 4.79 Å². The third-order valence-electron chi connectivity index (χ3n) is 2.63. The molecule has 0 aromatic rings. The summed E-state index contributed by atoms with van der Waals surface area (Å²) in [6.45, 7) is 7.48. The van der Waals surface area contributed by atoms with Gasteiger partial charge < -0.3 is 10.6 Å². The van der Waals surface area contributed by atoms with Crippen LogP contribution in [0.25, 0.3) is 0 Å². The van der Waals surface area contributed by atoms with Crippen molar-refractivity contribution in [1.82, 2.24) is 10.6 Å². The van der Waals surface area contributed by atoms with Gasteiger partial charge in [-0.2, -0.15) is 0 Å². The zero-order chi connectivity index (χ0) is 10.4. The van der Waals surface area contributed by atoms with Crippen LogP contribution in [0.1, 0.15) is 26.2 Å². The Balaban J connectivity index is 2.25. The molecule has 0 bridgehead atoms. The van der Waals surface area contributed by atoms with Crippen molar-refractivity contribution < 1.29 is 4.79 Å². The Kier molecular flexibility index (Phi) is 4.66. The summed E-state index contributed by atoms with van der Waals surface area (Å²) in [5, 5.41) is 6.14. The summed E-state index contributed by atoms with van der Waals surface area (Å²) in [5.74, 6) is 0.796. The summed E-state index contributed by atoms with van der Waals surface area (Å²) in [7, 11) is 0. The van der Waals surface area contributed by atoms with E-state index in [2.05, 4.69) is 24.1 Å². The van der Waals surface area contributed by atoms with Gasteiger partial charge in [-0.25, -0.2) is 0 Å². The molecule has 3 heteroatoms. The van der Waals surface area contributed by atoms with Crippen LogP contribution in [-0.2, 0) is 4.79 Å². The second kappa shape index (κ2) is 5.81. The van der Waals surface area contributed by atoms with Gasteiger partial charge in [-0.05, 0) is 31.7 Å². The maximum atomic E-state index is 11.6. The molecule has 2 unspecified atom stereocenters. The fourth-order valence-electron chi connectivity index (χ4n) is 1.73. The van der Waals surface area contributed by atoms with Crippen LogP contribution < -0.4 is 10.6 Å². The first-order valence-electron chi connectivity index (χ1n) is 5.36. The largest absolute Gasteiger partial charge is 0.354 e. The van der Waals surface area contributed by atoms with Crippen LogP contribution in [0.15, 0.2) is 12.7 Å². The van der Waals surface area contributed by atoms with E-state index in [1.54, 1.807) is 0 Å². The second-order valence-corrected chi connectivity index (χ2v) is 4.00. The zero-order valence-electron chi connectivity index (χ0n) is 8.88. The summed E-state index contributed by atoms with van der Waals surface area (Å²) >= 11 is 0. The molecule has 2 atom stereocenters. The predicted molar refractivity (Wildman–Crippen MR) is 58.0 cm³/mol. The van der Waals surface area contributed by atoms with Crippen molar-refractivity contribution in [3.8, 4) is 0 Å². The molecule has 1 amide bonds. The van der Waals surface area contributed by atoms with E-state index < -0.39 is 0 Å². The van der Waals surface area contributed by atoms with Crippen molar-refractivity contribution in [3.05, 3.63) is 12.7 Å². The summed E-state index contributed by atoms with van der Waals surface area (Å²) in [6.07, 6.45) is 4.79. The lowest BCUT2D eigenvalue weighted by Gasteiger charge is -2.27. The quantitative estimate of drug-likeness (QED) is 0.521. The third kappa shape index (κ3) is 3.50. The highest BCUT2D eigenvalue weighted by Crippen LogP contribution is 2.14. The van der Waals surface area contributed by atoms with Crippen molar-refractivity contribution in [2.24, 2.45) is 5.92 Å². The summed E-state index contributed by atoms with van der Waals surface area (Å²) in [5.41, 5.74) is 0. The SMILES string of the molecule is C=CCCNC(=O)C1CC(C)CCN1. The van der Waals surface area contributed by atoms with Crippen molar-refractivity contribution in [2.75, 3.05) is 13.1 Å². The molecule has 0 aliphatic carbocycles. The molecular weight excluding hydrogens is 176 g/mol. The molecule has 0 spiro atoms. The Bertz CT molecular complexity index is 203. The molecule has 3 nitrogen and oxygen atoms in total. The molecule has 1 saturated heterocycles. The van der Waals surface area contributed by atoms with Gasteiger partial charge in [0.05, 0.1) is 6.04 Å². The van der Waals surface area contributed by atoms with E-state index in [-0.39, 0.29) is 11.9 Å². The number of hydrogen-bond donors (Lipinski definition) is 2. The predicted octanol–water partition coefficient (Wildman–Crippen LogP) is 1.07. The topological polar surface area (TPSA) is 41.1 Å². The number of carbonyl (C=O) groups is 1. The third-order valence-corrected chi connectivity index (χ3v) is 2.63. The molecule has 14 heavy (non-hydrogen) atoms. The highest BCUT2D eigenvalue weighted by molar-refractivity contribution is 5.81. The van der Waals surface area contributed by atoms with Crippen molar-refractivity contribution >= 4 is 5.91 Å². The molecular formula is C11H20N2O. The minimum atomic E-state index is 0.0172. The lowest BCUT2D eigenvalue weighted by molar-refractivity contribution is -0.123. The van der Waals surface area contributed by atoms with Gasteiger partial charge in [0.2, 0.25) is 5.91 Å². The fraction of sp³-hybridized carbons (Fsp3) is 0.727. The lowest BCUT2D eigenvalue weighted by atomic mass is 9.94. The first-order chi connectivity index (χ1) is 6.74. The van der Waals surface area contributed by atoms with Gasteiger partial charge >= 0.3 is 0 Å². The maximum Gasteiger partial charge on any atom is 0.237 e. The Morgan fingerprint density at radius 2 is 2.50 bits per heavy atom. The van der Waals surface area contributed by atoms with Crippen LogP contribution >= 0.6 is 0 Å². The number of hydrogen-bond acceptors (Lipinski definition) is 2. The molecule has 0 aromatic carbocycles. The molecule has 1 aliphatic rings. The molecule has 0 saturated carbocycles. The Morgan fingerprint density at radius 1 is 1.71 bits per heavy atom. The van der Waals surface area contributed by atoms with Crippen LogP contribution in [0.3, 0.4) is 0 Å². The van der Waals surface area contributed by atoms with Gasteiger partial charge in [0.25, 0.3) is 0 Å². The van der Waals surface area contributed by atoms with Gasteiger partial charge in [-0.15, -0.1) is 6.58 Å². The van der Waals surface area contributed by atoms with Gasteiger partial charge in [-0.1, -0.05) is 13.0 Å². The zero-order valence-corrected chi connectivity index (χ0v) is 8.88. The van der Waals surface area contributed by atoms with Crippen LogP contribution in [-0.4, -0.2) is 25.0 Å². The fourth-order valence-corrected chi connectivity index (χ4v) is 1.73. The number of rotatable bonds is 4. The van der Waals surface area contributed by atoms with Crippen molar-refractivity contribution in [1.29, 1.82) is 0 Å². The van der Waals surface area contributed by atoms with Gasteiger partial charge in [0.1, 0.15) is 0 Å². The molecule has 0 radical (unpaired) electrons. The normalized spacial score (nSPS) is 26.9. The highest BCUT2D eigenvalue weighted by Gasteiger charge is 2.23. The summed E-state index contributed by atoms with van der Waals surface area (Å²) in [6, 6.07) is 0.0172. The summed E-state index contributed by atoms with van der Waals surface area (Å²) in [4.78, 5) is 11.6. The van der Waals surface area contributed by atoms with E-state index in [1.165, 1.54) is 6.42 Å². The van der Waals surface area contributed by atoms with E-state index in [9.17, 15) is 4.79 Å². The number of carbonyl (C=O) groups excluding carboxylic acids is 1. The first kappa shape index (κ1) is 11.2. The molecule has 2 N–H and O–H groups in total. The van der Waals surface area contributed by atoms with Crippen LogP contribution in [0.2, 0.25) is 0 Å². The first-order valence-corrected chi connectivity index (χ1v) is 5.36. The Labute approximate surface area is 86.0 Å². The monoisotopic (exact) mass is 196 g/mol. The molecule has 1 aliphatic heterocycles.